The minimum absolute atomic E-state index is 0.0382. The van der Waals surface area contributed by atoms with Gasteiger partial charge in [-0.3, -0.25) is 0 Å². The normalized spacial score (nSPS) is 24.6. The van der Waals surface area contributed by atoms with E-state index in [4.69, 9.17) is 0 Å². The summed E-state index contributed by atoms with van der Waals surface area (Å²) in [6.07, 6.45) is 6.63. The standard InChI is InChI=1S/C17H26FNO/c1-12-4-3-5-14(10-12)8-9-19-13(2)16-7-6-15(18)11-17(16)20/h6-7,11-14,19-20H,3-5,8-10H2,1-2H3. The van der Waals surface area contributed by atoms with Crippen LogP contribution in [0.15, 0.2) is 18.2 Å². The van der Waals surface area contributed by atoms with E-state index < -0.39 is 5.82 Å². The Kier molecular flexibility index (Phi) is 5.41. The number of hydrogen-bond acceptors (Lipinski definition) is 2. The Morgan fingerprint density at radius 1 is 1.40 bits per heavy atom. The lowest BCUT2D eigenvalue weighted by molar-refractivity contribution is 0.265. The highest BCUT2D eigenvalue weighted by atomic mass is 19.1. The van der Waals surface area contributed by atoms with Crippen LogP contribution < -0.4 is 5.32 Å². The minimum Gasteiger partial charge on any atom is -0.508 e. The first-order valence-corrected chi connectivity index (χ1v) is 7.78. The van der Waals surface area contributed by atoms with Gasteiger partial charge in [0, 0.05) is 17.7 Å². The zero-order valence-corrected chi connectivity index (χ0v) is 12.5. The third-order valence-corrected chi connectivity index (χ3v) is 4.51. The summed E-state index contributed by atoms with van der Waals surface area (Å²) in [7, 11) is 0. The number of aromatic hydroxyl groups is 1. The van der Waals surface area contributed by atoms with Crippen molar-refractivity contribution in [2.24, 2.45) is 11.8 Å². The molecule has 3 unspecified atom stereocenters. The Hall–Kier alpha value is -1.09. The average Bonchev–Trinajstić information content (AvgIpc) is 2.38. The lowest BCUT2D eigenvalue weighted by atomic mass is 9.81. The van der Waals surface area contributed by atoms with Crippen molar-refractivity contribution in [3.05, 3.63) is 29.6 Å². The maximum absolute atomic E-state index is 13.0. The summed E-state index contributed by atoms with van der Waals surface area (Å²) in [5.74, 6) is 1.35. The molecule has 1 saturated carbocycles. The molecule has 3 atom stereocenters. The van der Waals surface area contributed by atoms with Gasteiger partial charge in [0.05, 0.1) is 0 Å². The highest BCUT2D eigenvalue weighted by Crippen LogP contribution is 2.31. The third kappa shape index (κ3) is 4.20. The van der Waals surface area contributed by atoms with Gasteiger partial charge in [0.15, 0.2) is 0 Å². The molecule has 1 fully saturated rings. The van der Waals surface area contributed by atoms with Crippen molar-refractivity contribution >= 4 is 0 Å². The molecule has 2 N–H and O–H groups in total. The zero-order chi connectivity index (χ0) is 14.5. The molecule has 1 aliphatic carbocycles. The Morgan fingerprint density at radius 2 is 2.20 bits per heavy atom. The average molecular weight is 279 g/mol. The molecule has 0 aromatic heterocycles. The molecule has 0 radical (unpaired) electrons. The van der Waals surface area contributed by atoms with Crippen molar-refractivity contribution in [2.75, 3.05) is 6.54 Å². The number of nitrogens with one attached hydrogen (secondary N) is 1. The summed E-state index contributed by atoms with van der Waals surface area (Å²) < 4.78 is 13.0. The first-order valence-electron chi connectivity index (χ1n) is 7.78. The first-order chi connectivity index (χ1) is 9.56. The molecule has 2 nitrogen and oxygen atoms in total. The van der Waals surface area contributed by atoms with Crippen LogP contribution in [0.2, 0.25) is 0 Å². The predicted molar refractivity (Wildman–Crippen MR) is 80.2 cm³/mol. The predicted octanol–water partition coefficient (Wildman–Crippen LogP) is 4.40. The van der Waals surface area contributed by atoms with Crippen LogP contribution in [0.3, 0.4) is 0 Å². The molecule has 112 valence electrons. The van der Waals surface area contributed by atoms with Gasteiger partial charge < -0.3 is 10.4 Å². The highest BCUT2D eigenvalue weighted by Gasteiger charge is 2.19. The van der Waals surface area contributed by atoms with Crippen molar-refractivity contribution in [3.8, 4) is 5.75 Å². The van der Waals surface area contributed by atoms with Gasteiger partial charge in [0.25, 0.3) is 0 Å². The minimum atomic E-state index is -0.394. The van der Waals surface area contributed by atoms with E-state index >= 15 is 0 Å². The molecule has 0 saturated heterocycles. The van der Waals surface area contributed by atoms with Crippen LogP contribution in [0, 0.1) is 17.7 Å². The molecule has 0 amide bonds. The van der Waals surface area contributed by atoms with E-state index in [1.165, 1.54) is 44.2 Å². The fourth-order valence-electron chi connectivity index (χ4n) is 3.32. The van der Waals surface area contributed by atoms with Gasteiger partial charge in [-0.05, 0) is 44.2 Å². The summed E-state index contributed by atoms with van der Waals surface area (Å²) in [4.78, 5) is 0. The Morgan fingerprint density at radius 3 is 2.90 bits per heavy atom. The number of phenols is 1. The van der Waals surface area contributed by atoms with Gasteiger partial charge in [-0.15, -0.1) is 0 Å². The van der Waals surface area contributed by atoms with Crippen LogP contribution in [-0.4, -0.2) is 11.7 Å². The van der Waals surface area contributed by atoms with Crippen molar-refractivity contribution in [1.29, 1.82) is 0 Å². The Balaban J connectivity index is 1.78. The van der Waals surface area contributed by atoms with Crippen molar-refractivity contribution in [1.82, 2.24) is 5.32 Å². The van der Waals surface area contributed by atoms with Gasteiger partial charge in [-0.25, -0.2) is 4.39 Å². The topological polar surface area (TPSA) is 32.3 Å². The Bertz CT molecular complexity index is 435. The highest BCUT2D eigenvalue weighted by molar-refractivity contribution is 5.34. The lowest BCUT2D eigenvalue weighted by Gasteiger charge is -2.27. The fourth-order valence-corrected chi connectivity index (χ4v) is 3.32. The van der Waals surface area contributed by atoms with Crippen LogP contribution in [-0.2, 0) is 0 Å². The molecule has 1 aromatic rings. The van der Waals surface area contributed by atoms with Crippen LogP contribution in [0.4, 0.5) is 4.39 Å². The van der Waals surface area contributed by atoms with Crippen LogP contribution in [0.25, 0.3) is 0 Å². The van der Waals surface area contributed by atoms with Crippen LogP contribution >= 0.6 is 0 Å². The maximum atomic E-state index is 13.0. The quantitative estimate of drug-likeness (QED) is 0.837. The van der Waals surface area contributed by atoms with Crippen LogP contribution in [0.1, 0.15) is 57.6 Å². The number of hydrogen-bond donors (Lipinski definition) is 2. The molecular formula is C17H26FNO. The number of rotatable bonds is 5. The molecule has 0 bridgehead atoms. The second kappa shape index (κ2) is 7.07. The SMILES string of the molecule is CC1CCCC(CCNC(C)c2ccc(F)cc2O)C1. The fraction of sp³-hybridized carbons (Fsp3) is 0.647. The molecule has 0 spiro atoms. The van der Waals surface area contributed by atoms with Gasteiger partial charge in [-0.1, -0.05) is 32.3 Å². The summed E-state index contributed by atoms with van der Waals surface area (Å²) >= 11 is 0. The number of phenolic OH excluding ortho intramolecular Hbond substituents is 1. The monoisotopic (exact) mass is 279 g/mol. The molecule has 20 heavy (non-hydrogen) atoms. The van der Waals surface area contributed by atoms with Crippen molar-refractivity contribution in [2.45, 2.75) is 52.0 Å². The molecule has 0 heterocycles. The largest absolute Gasteiger partial charge is 0.508 e. The smallest absolute Gasteiger partial charge is 0.126 e. The van der Waals surface area contributed by atoms with E-state index in [0.29, 0.717) is 0 Å². The van der Waals surface area contributed by atoms with E-state index in [0.717, 1.165) is 23.9 Å². The molecule has 1 aromatic carbocycles. The summed E-state index contributed by atoms with van der Waals surface area (Å²) in [5, 5.41) is 13.2. The van der Waals surface area contributed by atoms with E-state index in [1.807, 2.05) is 6.92 Å². The number of halogens is 1. The van der Waals surface area contributed by atoms with E-state index in [1.54, 1.807) is 6.07 Å². The van der Waals surface area contributed by atoms with E-state index in [2.05, 4.69) is 12.2 Å². The van der Waals surface area contributed by atoms with Gasteiger partial charge in [-0.2, -0.15) is 0 Å². The Labute approximate surface area is 121 Å². The van der Waals surface area contributed by atoms with Crippen molar-refractivity contribution in [3.63, 3.8) is 0 Å². The van der Waals surface area contributed by atoms with E-state index in [9.17, 15) is 9.50 Å². The summed E-state index contributed by atoms with van der Waals surface area (Å²) in [6.45, 7) is 5.31. The number of benzene rings is 1. The van der Waals surface area contributed by atoms with Gasteiger partial charge in [0.2, 0.25) is 0 Å². The second-order valence-electron chi connectivity index (χ2n) is 6.31. The lowest BCUT2D eigenvalue weighted by Crippen LogP contribution is -2.24. The summed E-state index contributed by atoms with van der Waals surface area (Å²) in [5.41, 5.74) is 0.767. The molecule has 3 heteroatoms. The van der Waals surface area contributed by atoms with Gasteiger partial charge >= 0.3 is 0 Å². The molecular weight excluding hydrogens is 253 g/mol. The van der Waals surface area contributed by atoms with E-state index in [-0.39, 0.29) is 11.8 Å². The summed E-state index contributed by atoms with van der Waals surface area (Å²) in [6, 6.07) is 4.29. The first kappa shape index (κ1) is 15.3. The van der Waals surface area contributed by atoms with Crippen LogP contribution in [0.5, 0.6) is 5.75 Å². The van der Waals surface area contributed by atoms with Gasteiger partial charge in [0.1, 0.15) is 11.6 Å². The maximum Gasteiger partial charge on any atom is 0.126 e. The van der Waals surface area contributed by atoms with Crippen molar-refractivity contribution < 1.29 is 9.50 Å². The second-order valence-corrected chi connectivity index (χ2v) is 6.31. The molecule has 1 aliphatic rings. The zero-order valence-electron chi connectivity index (χ0n) is 12.5. The third-order valence-electron chi connectivity index (χ3n) is 4.51. The molecule has 0 aliphatic heterocycles. The molecule has 2 rings (SSSR count).